The Morgan fingerprint density at radius 2 is 1.97 bits per heavy atom. The molecule has 1 amide bonds. The van der Waals surface area contributed by atoms with Crippen LogP contribution >= 0.6 is 22.7 Å². The number of carbonyl (C=O) groups is 2. The maximum atomic E-state index is 12.3. The van der Waals surface area contributed by atoms with Crippen LogP contribution in [-0.2, 0) is 17.8 Å². The van der Waals surface area contributed by atoms with Gasteiger partial charge in [-0.05, 0) is 47.1 Å². The van der Waals surface area contributed by atoms with Crippen LogP contribution in [0.5, 0.6) is 0 Å². The summed E-state index contributed by atoms with van der Waals surface area (Å²) in [7, 11) is 0. The highest BCUT2D eigenvalue weighted by Gasteiger charge is 2.48. The summed E-state index contributed by atoms with van der Waals surface area (Å²) in [6, 6.07) is 9.24. The normalized spacial score (nSPS) is 20.1. The fraction of sp³-hybridized carbons (Fsp3) is 0.381. The quantitative estimate of drug-likeness (QED) is 0.557. The number of hydrogen-bond donors (Lipinski definition) is 1. The average molecular weight is 431 g/mol. The van der Waals surface area contributed by atoms with Gasteiger partial charge in [0.15, 0.2) is 12.4 Å². The van der Waals surface area contributed by atoms with Gasteiger partial charge in [0.05, 0.1) is 10.6 Å². The summed E-state index contributed by atoms with van der Waals surface area (Å²) >= 11 is 2.79. The number of carbonyl (C=O) groups excluding carboxylic acids is 2. The van der Waals surface area contributed by atoms with Crippen molar-refractivity contribution in [1.82, 2.24) is 10.5 Å². The molecule has 0 aromatic carbocycles. The van der Waals surface area contributed by atoms with Crippen LogP contribution in [0.15, 0.2) is 45.6 Å². The van der Waals surface area contributed by atoms with E-state index < -0.39 is 0 Å². The van der Waals surface area contributed by atoms with E-state index in [2.05, 4.69) is 24.3 Å². The maximum absolute atomic E-state index is 12.3. The molecule has 1 saturated carbocycles. The van der Waals surface area contributed by atoms with E-state index in [-0.39, 0.29) is 29.9 Å². The predicted octanol–water partition coefficient (Wildman–Crippen LogP) is 4.54. The van der Waals surface area contributed by atoms with Crippen LogP contribution in [-0.4, -0.2) is 23.1 Å². The summed E-state index contributed by atoms with van der Waals surface area (Å²) in [6.45, 7) is 4.41. The topological polar surface area (TPSA) is 81.4 Å². The van der Waals surface area contributed by atoms with Crippen molar-refractivity contribution in [3.05, 3.63) is 62.3 Å². The van der Waals surface area contributed by atoms with Crippen molar-refractivity contribution in [2.24, 2.45) is 11.3 Å². The second-order valence-corrected chi connectivity index (χ2v) is 9.69. The second kappa shape index (κ2) is 8.12. The van der Waals surface area contributed by atoms with Crippen LogP contribution in [0.2, 0.25) is 0 Å². The lowest BCUT2D eigenvalue weighted by Gasteiger charge is -2.52. The third kappa shape index (κ3) is 4.28. The van der Waals surface area contributed by atoms with Crippen LogP contribution in [0.1, 0.15) is 51.1 Å². The molecule has 8 heteroatoms. The molecule has 4 rings (SSSR count). The van der Waals surface area contributed by atoms with Crippen molar-refractivity contribution >= 4 is 34.6 Å². The molecule has 0 spiro atoms. The van der Waals surface area contributed by atoms with E-state index in [0.717, 1.165) is 23.4 Å². The summed E-state index contributed by atoms with van der Waals surface area (Å²) in [4.78, 5) is 25.5. The summed E-state index contributed by atoms with van der Waals surface area (Å²) in [5, 5.41) is 11.0. The molecule has 6 nitrogen and oxygen atoms in total. The van der Waals surface area contributed by atoms with Gasteiger partial charge >= 0.3 is 5.97 Å². The van der Waals surface area contributed by atoms with Gasteiger partial charge in [0.1, 0.15) is 4.88 Å². The largest absolute Gasteiger partial charge is 0.453 e. The Labute approximate surface area is 176 Å². The first-order valence-corrected chi connectivity index (χ1v) is 11.2. The van der Waals surface area contributed by atoms with Crippen molar-refractivity contribution in [3.8, 4) is 0 Å². The Bertz CT molecular complexity index is 976. The highest BCUT2D eigenvalue weighted by Crippen LogP contribution is 2.47. The van der Waals surface area contributed by atoms with Crippen LogP contribution < -0.4 is 5.32 Å². The minimum absolute atomic E-state index is 0.00666. The molecule has 0 aliphatic heterocycles. The number of thiophene rings is 2. The molecule has 1 aliphatic rings. The Morgan fingerprint density at radius 1 is 1.24 bits per heavy atom. The summed E-state index contributed by atoms with van der Waals surface area (Å²) in [6.07, 6.45) is 1.67. The van der Waals surface area contributed by atoms with Gasteiger partial charge in [0.25, 0.3) is 5.91 Å². The molecule has 3 aromatic rings. The Balaban J connectivity index is 1.28. The molecule has 0 radical (unpaired) electrons. The first-order chi connectivity index (χ1) is 13.9. The van der Waals surface area contributed by atoms with E-state index in [1.165, 1.54) is 22.7 Å². The first kappa shape index (κ1) is 19.8. The highest BCUT2D eigenvalue weighted by atomic mass is 32.1. The maximum Gasteiger partial charge on any atom is 0.348 e. The monoisotopic (exact) mass is 430 g/mol. The summed E-state index contributed by atoms with van der Waals surface area (Å²) in [5.41, 5.74) is 0.811. The van der Waals surface area contributed by atoms with E-state index >= 15 is 0 Å². The zero-order chi connectivity index (χ0) is 20.4. The van der Waals surface area contributed by atoms with Crippen LogP contribution in [0.25, 0.3) is 0 Å². The van der Waals surface area contributed by atoms with Crippen LogP contribution in [0.4, 0.5) is 0 Å². The van der Waals surface area contributed by atoms with Gasteiger partial charge in [-0.25, -0.2) is 4.79 Å². The lowest BCUT2D eigenvalue weighted by molar-refractivity contribution is 0.0139. The minimum atomic E-state index is -0.359. The molecule has 1 aliphatic carbocycles. The molecule has 3 heterocycles. The minimum Gasteiger partial charge on any atom is -0.453 e. The third-order valence-electron chi connectivity index (χ3n) is 5.65. The SMILES string of the molecule is CC1(C)C(Cc2cc(COC(=O)c3cccs3)on2)CC1NC(=O)c1cccs1. The van der Waals surface area contributed by atoms with E-state index in [1.807, 2.05) is 35.0 Å². The van der Waals surface area contributed by atoms with Crippen molar-refractivity contribution < 1.29 is 18.8 Å². The molecule has 0 bridgehead atoms. The zero-order valence-corrected chi connectivity index (χ0v) is 17.8. The fourth-order valence-electron chi connectivity index (χ4n) is 3.62. The molecule has 29 heavy (non-hydrogen) atoms. The zero-order valence-electron chi connectivity index (χ0n) is 16.2. The van der Waals surface area contributed by atoms with E-state index in [0.29, 0.717) is 16.6 Å². The molecule has 0 saturated heterocycles. The standard InChI is InChI=1S/C21H22N2O4S2/c1-21(2)13(10-18(21)22-19(24)16-5-3-7-28-16)9-14-11-15(27-23-14)12-26-20(25)17-6-4-8-29-17/h3-8,11,13,18H,9-10,12H2,1-2H3,(H,22,24). The molecule has 1 fully saturated rings. The predicted molar refractivity (Wildman–Crippen MR) is 111 cm³/mol. The molecule has 3 aromatic heterocycles. The van der Waals surface area contributed by atoms with Gasteiger partial charge in [-0.15, -0.1) is 22.7 Å². The number of nitrogens with zero attached hydrogens (tertiary/aromatic N) is 1. The van der Waals surface area contributed by atoms with Gasteiger partial charge in [0.2, 0.25) is 0 Å². The Kier molecular flexibility index (Phi) is 5.56. The lowest BCUT2D eigenvalue weighted by atomic mass is 9.57. The first-order valence-electron chi connectivity index (χ1n) is 9.43. The van der Waals surface area contributed by atoms with Gasteiger partial charge in [-0.2, -0.15) is 0 Å². The van der Waals surface area contributed by atoms with Gasteiger partial charge in [0, 0.05) is 12.1 Å². The summed E-state index contributed by atoms with van der Waals surface area (Å²) < 4.78 is 10.6. The van der Waals surface area contributed by atoms with Gasteiger partial charge in [-0.1, -0.05) is 31.1 Å². The van der Waals surface area contributed by atoms with Gasteiger partial charge < -0.3 is 14.6 Å². The third-order valence-corrected chi connectivity index (χ3v) is 7.37. The second-order valence-electron chi connectivity index (χ2n) is 7.80. The summed E-state index contributed by atoms with van der Waals surface area (Å²) in [5.74, 6) is 0.558. The number of hydrogen-bond acceptors (Lipinski definition) is 7. The number of rotatable bonds is 7. The molecule has 1 N–H and O–H groups in total. The van der Waals surface area contributed by atoms with E-state index in [9.17, 15) is 9.59 Å². The van der Waals surface area contributed by atoms with Crippen molar-refractivity contribution in [3.63, 3.8) is 0 Å². The van der Waals surface area contributed by atoms with Crippen molar-refractivity contribution in [1.29, 1.82) is 0 Å². The van der Waals surface area contributed by atoms with E-state index in [4.69, 9.17) is 9.26 Å². The Morgan fingerprint density at radius 3 is 2.62 bits per heavy atom. The number of ether oxygens (including phenoxy) is 1. The molecule has 2 unspecified atom stereocenters. The number of amides is 1. The smallest absolute Gasteiger partial charge is 0.348 e. The van der Waals surface area contributed by atoms with Crippen molar-refractivity contribution in [2.45, 2.75) is 39.3 Å². The fourth-order valence-corrected chi connectivity index (χ4v) is 4.86. The average Bonchev–Trinajstić information content (AvgIpc) is 3.47. The molecule has 2 atom stereocenters. The van der Waals surface area contributed by atoms with E-state index in [1.54, 1.807) is 6.07 Å². The van der Waals surface area contributed by atoms with Crippen molar-refractivity contribution in [2.75, 3.05) is 0 Å². The number of nitrogens with one attached hydrogen (secondary N) is 1. The van der Waals surface area contributed by atoms with Crippen LogP contribution in [0.3, 0.4) is 0 Å². The van der Waals surface area contributed by atoms with Gasteiger partial charge in [-0.3, -0.25) is 4.79 Å². The molecular weight excluding hydrogens is 408 g/mol. The molecule has 152 valence electrons. The number of aromatic nitrogens is 1. The number of esters is 1. The Hall–Kier alpha value is -2.45. The van der Waals surface area contributed by atoms with Crippen LogP contribution in [0, 0.1) is 11.3 Å². The highest BCUT2D eigenvalue weighted by molar-refractivity contribution is 7.12. The molecular formula is C21H22N2O4S2. The lowest BCUT2D eigenvalue weighted by Crippen LogP contribution is -2.58.